The van der Waals surface area contributed by atoms with Gasteiger partial charge in [0.25, 0.3) is 0 Å². The van der Waals surface area contributed by atoms with E-state index in [1.165, 1.54) is 77.9 Å². The predicted molar refractivity (Wildman–Crippen MR) is 234 cm³/mol. The van der Waals surface area contributed by atoms with E-state index in [1.807, 2.05) is 0 Å². The Morgan fingerprint density at radius 1 is 0.304 bits per heavy atom. The first-order chi connectivity index (χ1) is 27.3. The van der Waals surface area contributed by atoms with Crippen LogP contribution in [0.1, 0.15) is 72.2 Å². The highest BCUT2D eigenvalue weighted by molar-refractivity contribution is 5.94. The second-order valence-electron chi connectivity index (χ2n) is 16.9. The van der Waals surface area contributed by atoms with Crippen LogP contribution in [-0.4, -0.2) is 0 Å². The maximum Gasteiger partial charge on any atom is 0.0720 e. The Morgan fingerprint density at radius 3 is 1.34 bits per heavy atom. The molecule has 0 saturated heterocycles. The Hall–Kier alpha value is -6.44. The number of hydrogen-bond donors (Lipinski definition) is 0. The van der Waals surface area contributed by atoms with Crippen molar-refractivity contribution in [2.45, 2.75) is 43.9 Å². The van der Waals surface area contributed by atoms with Gasteiger partial charge in [0.15, 0.2) is 0 Å². The normalized spacial score (nSPS) is 15.6. The van der Waals surface area contributed by atoms with E-state index in [9.17, 15) is 0 Å². The van der Waals surface area contributed by atoms with Crippen LogP contribution >= 0.6 is 0 Å². The first-order valence-corrected chi connectivity index (χ1v) is 19.9. The van der Waals surface area contributed by atoms with Gasteiger partial charge >= 0.3 is 0 Å². The molecule has 3 aliphatic carbocycles. The Morgan fingerprint density at radius 2 is 0.714 bits per heavy atom. The molecular formula is C55H43N. The third-order valence-electron chi connectivity index (χ3n) is 13.4. The molecule has 1 spiro atoms. The summed E-state index contributed by atoms with van der Waals surface area (Å²) >= 11 is 0. The van der Waals surface area contributed by atoms with Gasteiger partial charge in [-0.3, -0.25) is 0 Å². The van der Waals surface area contributed by atoms with Gasteiger partial charge in [-0.2, -0.15) is 0 Å². The van der Waals surface area contributed by atoms with E-state index < -0.39 is 5.41 Å². The molecule has 0 atom stereocenters. The summed E-state index contributed by atoms with van der Waals surface area (Å²) in [4.78, 5) is 2.52. The molecule has 268 valence electrons. The van der Waals surface area contributed by atoms with Crippen molar-refractivity contribution in [3.05, 3.63) is 233 Å². The molecule has 0 bridgehead atoms. The maximum absolute atomic E-state index is 2.52. The van der Waals surface area contributed by atoms with Crippen molar-refractivity contribution in [2.24, 2.45) is 0 Å². The second-order valence-corrected chi connectivity index (χ2v) is 16.9. The van der Waals surface area contributed by atoms with Gasteiger partial charge < -0.3 is 4.90 Å². The van der Waals surface area contributed by atoms with Crippen LogP contribution in [0.25, 0.3) is 33.4 Å². The molecule has 0 aromatic heterocycles. The molecule has 0 fully saturated rings. The average molecular weight is 718 g/mol. The molecule has 1 nitrogen and oxygen atoms in total. The molecular weight excluding hydrogens is 675 g/mol. The lowest BCUT2D eigenvalue weighted by atomic mass is 9.55. The summed E-state index contributed by atoms with van der Waals surface area (Å²) in [6, 6.07) is 70.7. The SMILES string of the molecule is CC1(C)c2ccccc2-c2ccc(N(c3ccc4c(c3)C3(c5ccccc5-4)c4ccccc4C(C)(C)c4ccccc43)c3ccccc3-c3ccccc3)cc21. The average Bonchev–Trinajstić information content (AvgIpc) is 3.66. The van der Waals surface area contributed by atoms with Crippen LogP contribution in [0.5, 0.6) is 0 Å². The molecule has 11 rings (SSSR count). The van der Waals surface area contributed by atoms with E-state index in [0.717, 1.165) is 17.1 Å². The van der Waals surface area contributed by atoms with Crippen molar-refractivity contribution in [2.75, 3.05) is 4.90 Å². The summed E-state index contributed by atoms with van der Waals surface area (Å²) in [7, 11) is 0. The molecule has 0 saturated carbocycles. The van der Waals surface area contributed by atoms with Crippen molar-refractivity contribution in [1.82, 2.24) is 0 Å². The molecule has 8 aromatic rings. The Labute approximate surface area is 330 Å². The third-order valence-corrected chi connectivity index (χ3v) is 13.4. The fourth-order valence-electron chi connectivity index (χ4n) is 10.8. The zero-order valence-corrected chi connectivity index (χ0v) is 32.3. The van der Waals surface area contributed by atoms with Gasteiger partial charge in [-0.25, -0.2) is 0 Å². The minimum atomic E-state index is -0.475. The van der Waals surface area contributed by atoms with Gasteiger partial charge in [0.2, 0.25) is 0 Å². The minimum absolute atomic E-state index is 0.126. The van der Waals surface area contributed by atoms with Crippen molar-refractivity contribution in [3.8, 4) is 33.4 Å². The van der Waals surface area contributed by atoms with Crippen LogP contribution < -0.4 is 4.90 Å². The van der Waals surface area contributed by atoms with Crippen LogP contribution in [-0.2, 0) is 16.2 Å². The van der Waals surface area contributed by atoms with Crippen molar-refractivity contribution >= 4 is 17.1 Å². The smallest absolute Gasteiger partial charge is 0.0720 e. The maximum atomic E-state index is 2.52. The molecule has 0 N–H and O–H groups in total. The van der Waals surface area contributed by atoms with Crippen LogP contribution in [0.15, 0.2) is 188 Å². The highest BCUT2D eigenvalue weighted by Crippen LogP contribution is 2.63. The van der Waals surface area contributed by atoms with Crippen molar-refractivity contribution in [3.63, 3.8) is 0 Å². The van der Waals surface area contributed by atoms with E-state index in [1.54, 1.807) is 0 Å². The van der Waals surface area contributed by atoms with Gasteiger partial charge in [0, 0.05) is 27.8 Å². The summed E-state index contributed by atoms with van der Waals surface area (Å²) in [5.74, 6) is 0. The first kappa shape index (κ1) is 32.9. The first-order valence-electron chi connectivity index (χ1n) is 19.9. The minimum Gasteiger partial charge on any atom is -0.310 e. The largest absolute Gasteiger partial charge is 0.310 e. The zero-order valence-electron chi connectivity index (χ0n) is 32.3. The van der Waals surface area contributed by atoms with E-state index >= 15 is 0 Å². The van der Waals surface area contributed by atoms with E-state index in [4.69, 9.17) is 0 Å². The predicted octanol–water partition coefficient (Wildman–Crippen LogP) is 14.1. The number of para-hydroxylation sites is 1. The van der Waals surface area contributed by atoms with Gasteiger partial charge in [-0.05, 0) is 103 Å². The van der Waals surface area contributed by atoms with Gasteiger partial charge in [-0.1, -0.05) is 185 Å². The third kappa shape index (κ3) is 4.32. The molecule has 0 radical (unpaired) electrons. The number of nitrogens with zero attached hydrogens (tertiary/aromatic N) is 1. The Bertz CT molecular complexity index is 2820. The lowest BCUT2D eigenvalue weighted by Gasteiger charge is -2.46. The van der Waals surface area contributed by atoms with Crippen molar-refractivity contribution < 1.29 is 0 Å². The van der Waals surface area contributed by atoms with Crippen LogP contribution in [0.4, 0.5) is 17.1 Å². The second kappa shape index (κ2) is 11.8. The van der Waals surface area contributed by atoms with Gasteiger partial charge in [0.05, 0.1) is 11.1 Å². The fraction of sp³-hybridized carbons (Fsp3) is 0.127. The summed E-state index contributed by atoms with van der Waals surface area (Å²) in [6.45, 7) is 9.54. The summed E-state index contributed by atoms with van der Waals surface area (Å²) in [5, 5.41) is 0. The van der Waals surface area contributed by atoms with Gasteiger partial charge in [-0.15, -0.1) is 0 Å². The number of benzene rings is 8. The summed E-state index contributed by atoms with van der Waals surface area (Å²) in [6.07, 6.45) is 0. The Balaban J connectivity index is 1.21. The van der Waals surface area contributed by atoms with Crippen LogP contribution in [0, 0.1) is 0 Å². The number of fused-ring (bicyclic) bond motifs is 12. The molecule has 0 amide bonds. The Kier molecular flexibility index (Phi) is 6.93. The number of rotatable bonds is 4. The zero-order chi connectivity index (χ0) is 37.8. The van der Waals surface area contributed by atoms with Crippen LogP contribution in [0.3, 0.4) is 0 Å². The standard InChI is InChI=1S/C55H43N/c1-53(2)44-23-11-8-21-40(44)42-32-30-37(34-50(42)53)56(52-29-17-10-20-39(52)36-18-6-5-7-19-36)38-31-33-43-41-22-9-12-24-45(41)55(51(43)35-38)48-27-15-13-25-46(48)54(3,4)47-26-14-16-28-49(47)55/h5-35H,1-4H3. The lowest BCUT2D eigenvalue weighted by Crippen LogP contribution is -2.40. The molecule has 0 aliphatic heterocycles. The van der Waals surface area contributed by atoms with E-state index in [-0.39, 0.29) is 10.8 Å². The van der Waals surface area contributed by atoms with Crippen molar-refractivity contribution in [1.29, 1.82) is 0 Å². The molecule has 56 heavy (non-hydrogen) atoms. The quantitative estimate of drug-likeness (QED) is 0.175. The van der Waals surface area contributed by atoms with Crippen LogP contribution in [0.2, 0.25) is 0 Å². The molecule has 0 heterocycles. The lowest BCUT2D eigenvalue weighted by molar-refractivity contribution is 0.563. The van der Waals surface area contributed by atoms with E-state index in [0.29, 0.717) is 0 Å². The monoisotopic (exact) mass is 717 g/mol. The number of anilines is 3. The highest BCUT2D eigenvalue weighted by Gasteiger charge is 2.53. The highest BCUT2D eigenvalue weighted by atomic mass is 15.1. The molecule has 0 unspecified atom stereocenters. The fourth-order valence-corrected chi connectivity index (χ4v) is 10.8. The molecule has 3 aliphatic rings. The van der Waals surface area contributed by atoms with Gasteiger partial charge in [0.1, 0.15) is 0 Å². The van der Waals surface area contributed by atoms with E-state index in [2.05, 4.69) is 221 Å². The summed E-state index contributed by atoms with van der Waals surface area (Å²) < 4.78 is 0. The summed E-state index contributed by atoms with van der Waals surface area (Å²) in [5.41, 5.74) is 21.3. The number of hydrogen-bond acceptors (Lipinski definition) is 1. The molecule has 1 heteroatoms. The topological polar surface area (TPSA) is 3.24 Å². The molecule has 8 aromatic carbocycles.